The van der Waals surface area contributed by atoms with E-state index in [9.17, 15) is 4.79 Å². The molecule has 1 heterocycles. The SMILES string of the molecule is CCCC(=O)Nc1c(C)c(C)c2c(c1C)CC(C)(C)O2. The van der Waals surface area contributed by atoms with Crippen LogP contribution in [0.2, 0.25) is 0 Å². The van der Waals surface area contributed by atoms with Crippen molar-refractivity contribution in [2.24, 2.45) is 0 Å². The fourth-order valence-corrected chi connectivity index (χ4v) is 2.89. The number of anilines is 1. The van der Waals surface area contributed by atoms with E-state index in [1.807, 2.05) is 6.92 Å². The van der Waals surface area contributed by atoms with Gasteiger partial charge < -0.3 is 10.1 Å². The molecule has 0 atom stereocenters. The van der Waals surface area contributed by atoms with Gasteiger partial charge in [0, 0.05) is 24.1 Å². The van der Waals surface area contributed by atoms with E-state index in [4.69, 9.17) is 4.74 Å². The van der Waals surface area contributed by atoms with Crippen molar-refractivity contribution in [1.82, 2.24) is 0 Å². The van der Waals surface area contributed by atoms with E-state index >= 15 is 0 Å². The largest absolute Gasteiger partial charge is 0.487 e. The lowest BCUT2D eigenvalue weighted by Gasteiger charge is -2.19. The first kappa shape index (κ1) is 14.9. The zero-order valence-corrected chi connectivity index (χ0v) is 13.4. The highest BCUT2D eigenvalue weighted by molar-refractivity contribution is 5.93. The third-order valence-electron chi connectivity index (χ3n) is 4.10. The van der Waals surface area contributed by atoms with Crippen molar-refractivity contribution in [3.63, 3.8) is 0 Å². The molecule has 0 aromatic heterocycles. The summed E-state index contributed by atoms with van der Waals surface area (Å²) < 4.78 is 6.08. The molecule has 0 fully saturated rings. The van der Waals surface area contributed by atoms with E-state index in [-0.39, 0.29) is 11.5 Å². The molecule has 1 aliphatic rings. The van der Waals surface area contributed by atoms with Gasteiger partial charge in [0.25, 0.3) is 0 Å². The molecule has 0 radical (unpaired) electrons. The van der Waals surface area contributed by atoms with Crippen LogP contribution >= 0.6 is 0 Å². The van der Waals surface area contributed by atoms with E-state index in [1.165, 1.54) is 5.56 Å². The van der Waals surface area contributed by atoms with Crippen LogP contribution in [-0.2, 0) is 11.2 Å². The number of ether oxygens (including phenoxy) is 1. The summed E-state index contributed by atoms with van der Waals surface area (Å²) in [6.07, 6.45) is 2.33. The molecule has 20 heavy (non-hydrogen) atoms. The molecular formula is C17H25NO2. The normalized spacial score (nSPS) is 15.7. The third kappa shape index (κ3) is 2.54. The van der Waals surface area contributed by atoms with Crippen LogP contribution in [0.1, 0.15) is 55.9 Å². The molecule has 1 aromatic carbocycles. The summed E-state index contributed by atoms with van der Waals surface area (Å²) in [4.78, 5) is 11.9. The Kier molecular flexibility index (Phi) is 3.81. The van der Waals surface area contributed by atoms with Crippen LogP contribution in [0.15, 0.2) is 0 Å². The second-order valence-electron chi connectivity index (χ2n) is 6.39. The Labute approximate surface area is 121 Å². The average Bonchev–Trinajstić information content (AvgIpc) is 2.69. The topological polar surface area (TPSA) is 38.3 Å². The van der Waals surface area contributed by atoms with Gasteiger partial charge in [-0.25, -0.2) is 0 Å². The highest BCUT2D eigenvalue weighted by Crippen LogP contribution is 2.44. The number of fused-ring (bicyclic) bond motifs is 1. The van der Waals surface area contributed by atoms with Crippen molar-refractivity contribution in [2.75, 3.05) is 5.32 Å². The van der Waals surface area contributed by atoms with Gasteiger partial charge >= 0.3 is 0 Å². The third-order valence-corrected chi connectivity index (χ3v) is 4.10. The van der Waals surface area contributed by atoms with Crippen molar-refractivity contribution >= 4 is 11.6 Å². The fourth-order valence-electron chi connectivity index (χ4n) is 2.89. The second-order valence-corrected chi connectivity index (χ2v) is 6.39. The number of carbonyl (C=O) groups is 1. The maximum atomic E-state index is 11.9. The Morgan fingerprint density at radius 3 is 2.45 bits per heavy atom. The molecular weight excluding hydrogens is 250 g/mol. The van der Waals surface area contributed by atoms with Gasteiger partial charge in [0.15, 0.2) is 0 Å². The molecule has 1 N–H and O–H groups in total. The summed E-state index contributed by atoms with van der Waals surface area (Å²) >= 11 is 0. The summed E-state index contributed by atoms with van der Waals surface area (Å²) in [5, 5.41) is 3.08. The first-order valence-electron chi connectivity index (χ1n) is 7.38. The summed E-state index contributed by atoms with van der Waals surface area (Å²) in [5.41, 5.74) is 5.46. The molecule has 1 aromatic rings. The number of benzene rings is 1. The number of hydrogen-bond acceptors (Lipinski definition) is 2. The van der Waals surface area contributed by atoms with Crippen LogP contribution in [0.4, 0.5) is 5.69 Å². The Morgan fingerprint density at radius 2 is 1.85 bits per heavy atom. The van der Waals surface area contributed by atoms with Crippen LogP contribution < -0.4 is 10.1 Å². The first-order valence-corrected chi connectivity index (χ1v) is 7.38. The van der Waals surface area contributed by atoms with Gasteiger partial charge in [0.2, 0.25) is 5.91 Å². The molecule has 110 valence electrons. The summed E-state index contributed by atoms with van der Waals surface area (Å²) in [6, 6.07) is 0. The summed E-state index contributed by atoms with van der Waals surface area (Å²) in [5.74, 6) is 1.11. The predicted molar refractivity (Wildman–Crippen MR) is 82.6 cm³/mol. The lowest BCUT2D eigenvalue weighted by Crippen LogP contribution is -2.24. The highest BCUT2D eigenvalue weighted by atomic mass is 16.5. The molecule has 3 nitrogen and oxygen atoms in total. The monoisotopic (exact) mass is 275 g/mol. The van der Waals surface area contributed by atoms with Crippen LogP contribution in [0, 0.1) is 20.8 Å². The number of hydrogen-bond donors (Lipinski definition) is 1. The zero-order chi connectivity index (χ0) is 15.1. The Morgan fingerprint density at radius 1 is 1.20 bits per heavy atom. The molecule has 0 saturated heterocycles. The van der Waals surface area contributed by atoms with E-state index in [2.05, 4.69) is 39.9 Å². The molecule has 0 spiro atoms. The highest BCUT2D eigenvalue weighted by Gasteiger charge is 2.34. The van der Waals surface area contributed by atoms with Crippen LogP contribution in [0.5, 0.6) is 5.75 Å². The Balaban J connectivity index is 2.46. The maximum Gasteiger partial charge on any atom is 0.224 e. The quantitative estimate of drug-likeness (QED) is 0.903. The number of amides is 1. The van der Waals surface area contributed by atoms with E-state index in [0.717, 1.165) is 41.0 Å². The Bertz CT molecular complexity index is 559. The standard InChI is InChI=1S/C17H25NO2/c1-7-8-14(19)18-15-10(2)11(3)16-13(12(15)4)9-17(5,6)20-16/h7-9H2,1-6H3,(H,18,19). The van der Waals surface area contributed by atoms with Gasteiger partial charge in [-0.15, -0.1) is 0 Å². The molecule has 1 aliphatic heterocycles. The van der Waals surface area contributed by atoms with Crippen LogP contribution in [-0.4, -0.2) is 11.5 Å². The average molecular weight is 275 g/mol. The van der Waals surface area contributed by atoms with Gasteiger partial charge in [-0.3, -0.25) is 4.79 Å². The minimum absolute atomic E-state index is 0.0937. The second kappa shape index (κ2) is 5.12. The predicted octanol–water partition coefficient (Wildman–Crippen LogP) is 4.06. The fraction of sp³-hybridized carbons (Fsp3) is 0.588. The molecule has 2 rings (SSSR count). The van der Waals surface area contributed by atoms with Crippen molar-refractivity contribution < 1.29 is 9.53 Å². The lowest BCUT2D eigenvalue weighted by molar-refractivity contribution is -0.116. The van der Waals surface area contributed by atoms with Crippen molar-refractivity contribution in [2.45, 2.75) is 66.4 Å². The van der Waals surface area contributed by atoms with Gasteiger partial charge in [-0.05, 0) is 57.7 Å². The minimum Gasteiger partial charge on any atom is -0.487 e. The van der Waals surface area contributed by atoms with Gasteiger partial charge in [0.05, 0.1) is 0 Å². The molecule has 0 bridgehead atoms. The van der Waals surface area contributed by atoms with Crippen molar-refractivity contribution in [3.8, 4) is 5.75 Å². The smallest absolute Gasteiger partial charge is 0.224 e. The maximum absolute atomic E-state index is 11.9. The molecule has 0 saturated carbocycles. The molecule has 1 amide bonds. The minimum atomic E-state index is -0.156. The van der Waals surface area contributed by atoms with Crippen molar-refractivity contribution in [1.29, 1.82) is 0 Å². The van der Waals surface area contributed by atoms with Gasteiger partial charge in [-0.1, -0.05) is 6.92 Å². The van der Waals surface area contributed by atoms with Crippen LogP contribution in [0.3, 0.4) is 0 Å². The van der Waals surface area contributed by atoms with Crippen LogP contribution in [0.25, 0.3) is 0 Å². The molecule has 0 unspecified atom stereocenters. The van der Waals surface area contributed by atoms with E-state index < -0.39 is 0 Å². The summed E-state index contributed by atoms with van der Waals surface area (Å²) in [7, 11) is 0. The van der Waals surface area contributed by atoms with Gasteiger partial charge in [-0.2, -0.15) is 0 Å². The van der Waals surface area contributed by atoms with E-state index in [0.29, 0.717) is 6.42 Å². The first-order chi connectivity index (χ1) is 9.26. The lowest BCUT2D eigenvalue weighted by atomic mass is 9.92. The summed E-state index contributed by atoms with van der Waals surface area (Å²) in [6.45, 7) is 12.4. The number of rotatable bonds is 3. The molecule has 0 aliphatic carbocycles. The Hall–Kier alpha value is -1.51. The number of nitrogens with one attached hydrogen (secondary N) is 1. The zero-order valence-electron chi connectivity index (χ0n) is 13.4. The van der Waals surface area contributed by atoms with Crippen molar-refractivity contribution in [3.05, 3.63) is 22.3 Å². The van der Waals surface area contributed by atoms with E-state index in [1.54, 1.807) is 0 Å². The van der Waals surface area contributed by atoms with Gasteiger partial charge in [0.1, 0.15) is 11.4 Å². The number of carbonyl (C=O) groups excluding carboxylic acids is 1. The molecule has 3 heteroatoms.